The van der Waals surface area contributed by atoms with E-state index in [1.54, 1.807) is 12.4 Å². The summed E-state index contributed by atoms with van der Waals surface area (Å²) >= 11 is 5.71. The third kappa shape index (κ3) is 2.85. The fourth-order valence-electron chi connectivity index (χ4n) is 1.47. The van der Waals surface area contributed by atoms with E-state index in [0.29, 0.717) is 17.5 Å². The first-order valence-electron chi connectivity index (χ1n) is 5.22. The maximum atomic E-state index is 5.83. The minimum absolute atomic E-state index is 0.524. The number of benzene rings is 1. The monoisotopic (exact) mass is 248 g/mol. The number of anilines is 2. The van der Waals surface area contributed by atoms with Gasteiger partial charge in [0.2, 0.25) is 5.95 Å². The zero-order valence-corrected chi connectivity index (χ0v) is 10.2. The van der Waals surface area contributed by atoms with E-state index in [2.05, 4.69) is 15.3 Å². The van der Waals surface area contributed by atoms with Gasteiger partial charge >= 0.3 is 0 Å². The van der Waals surface area contributed by atoms with Crippen LogP contribution >= 0.6 is 11.6 Å². The first-order valence-corrected chi connectivity index (χ1v) is 5.60. The van der Waals surface area contributed by atoms with Gasteiger partial charge in [0.1, 0.15) is 0 Å². The van der Waals surface area contributed by atoms with Crippen LogP contribution in [0, 0.1) is 6.92 Å². The molecule has 17 heavy (non-hydrogen) atoms. The van der Waals surface area contributed by atoms with Crippen molar-refractivity contribution in [2.45, 2.75) is 13.5 Å². The van der Waals surface area contributed by atoms with Crippen molar-refractivity contribution in [3.63, 3.8) is 0 Å². The van der Waals surface area contributed by atoms with Crippen molar-refractivity contribution in [2.75, 3.05) is 11.1 Å². The fourth-order valence-corrected chi connectivity index (χ4v) is 1.57. The summed E-state index contributed by atoms with van der Waals surface area (Å²) in [4.78, 5) is 8.12. The molecule has 2 aromatic rings. The Hall–Kier alpha value is -1.81. The fraction of sp³-hybridized carbons (Fsp3) is 0.167. The molecule has 2 rings (SSSR count). The van der Waals surface area contributed by atoms with Crippen molar-refractivity contribution in [2.24, 2.45) is 0 Å². The summed E-state index contributed by atoms with van der Waals surface area (Å²) in [6.07, 6.45) is 3.12. The molecule has 0 unspecified atom stereocenters. The van der Waals surface area contributed by atoms with Gasteiger partial charge in [0.05, 0.1) is 17.4 Å². The Balaban J connectivity index is 2.07. The van der Waals surface area contributed by atoms with E-state index in [0.717, 1.165) is 16.8 Å². The molecular formula is C12H13ClN4. The van der Waals surface area contributed by atoms with E-state index < -0.39 is 0 Å². The molecule has 0 bridgehead atoms. The largest absolute Gasteiger partial charge is 0.399 e. The van der Waals surface area contributed by atoms with Crippen LogP contribution in [-0.4, -0.2) is 9.97 Å². The second-order valence-corrected chi connectivity index (χ2v) is 4.15. The van der Waals surface area contributed by atoms with Gasteiger partial charge in [0.25, 0.3) is 0 Å². The molecule has 5 heteroatoms. The lowest BCUT2D eigenvalue weighted by Gasteiger charge is -2.09. The van der Waals surface area contributed by atoms with Crippen LogP contribution in [0.5, 0.6) is 0 Å². The van der Waals surface area contributed by atoms with E-state index >= 15 is 0 Å². The van der Waals surface area contributed by atoms with Crippen LogP contribution in [0.15, 0.2) is 30.6 Å². The van der Waals surface area contributed by atoms with Gasteiger partial charge in [-0.3, -0.25) is 0 Å². The Kier molecular flexibility index (Phi) is 3.44. The molecule has 0 aliphatic heterocycles. The number of nitrogens with zero attached hydrogens (tertiary/aromatic N) is 2. The van der Waals surface area contributed by atoms with E-state index in [1.165, 1.54) is 0 Å². The summed E-state index contributed by atoms with van der Waals surface area (Å²) < 4.78 is 0. The molecule has 0 radical (unpaired) electrons. The van der Waals surface area contributed by atoms with Gasteiger partial charge in [-0.05, 0) is 24.1 Å². The van der Waals surface area contributed by atoms with Crippen LogP contribution in [0.4, 0.5) is 11.6 Å². The third-order valence-corrected chi connectivity index (χ3v) is 2.74. The van der Waals surface area contributed by atoms with Crippen LogP contribution in [0.2, 0.25) is 5.02 Å². The summed E-state index contributed by atoms with van der Waals surface area (Å²) in [7, 11) is 0. The molecule has 0 saturated carbocycles. The highest BCUT2D eigenvalue weighted by Gasteiger charge is 2.02. The SMILES string of the molecule is Cc1c(N)cccc1CNc1ncc(Cl)cn1. The van der Waals surface area contributed by atoms with Gasteiger partial charge in [-0.2, -0.15) is 0 Å². The molecular weight excluding hydrogens is 236 g/mol. The number of nitrogens with one attached hydrogen (secondary N) is 1. The molecule has 88 valence electrons. The Morgan fingerprint density at radius 3 is 2.71 bits per heavy atom. The van der Waals surface area contributed by atoms with Crippen LogP contribution in [-0.2, 0) is 6.54 Å². The number of nitrogens with two attached hydrogens (primary N) is 1. The van der Waals surface area contributed by atoms with Gasteiger partial charge in [-0.1, -0.05) is 23.7 Å². The third-order valence-electron chi connectivity index (χ3n) is 2.55. The lowest BCUT2D eigenvalue weighted by molar-refractivity contribution is 1.04. The van der Waals surface area contributed by atoms with Crippen LogP contribution in [0.25, 0.3) is 0 Å². The summed E-state index contributed by atoms with van der Waals surface area (Å²) in [5, 5.41) is 3.64. The molecule has 1 aromatic carbocycles. The topological polar surface area (TPSA) is 63.8 Å². The average molecular weight is 249 g/mol. The molecule has 0 saturated heterocycles. The van der Waals surface area contributed by atoms with Crippen molar-refractivity contribution in [3.05, 3.63) is 46.7 Å². The molecule has 0 aliphatic rings. The van der Waals surface area contributed by atoms with E-state index in [-0.39, 0.29) is 0 Å². The molecule has 0 fully saturated rings. The number of hydrogen-bond acceptors (Lipinski definition) is 4. The minimum Gasteiger partial charge on any atom is -0.399 e. The van der Waals surface area contributed by atoms with Gasteiger partial charge < -0.3 is 11.1 Å². The second-order valence-electron chi connectivity index (χ2n) is 3.71. The first kappa shape index (κ1) is 11.7. The maximum Gasteiger partial charge on any atom is 0.222 e. The Morgan fingerprint density at radius 2 is 2.00 bits per heavy atom. The number of halogens is 1. The molecule has 0 aliphatic carbocycles. The molecule has 0 amide bonds. The zero-order valence-electron chi connectivity index (χ0n) is 9.44. The number of aromatic nitrogens is 2. The van der Waals surface area contributed by atoms with Crippen molar-refractivity contribution in [1.82, 2.24) is 9.97 Å². The van der Waals surface area contributed by atoms with Crippen molar-refractivity contribution >= 4 is 23.2 Å². The van der Waals surface area contributed by atoms with Crippen LogP contribution in [0.1, 0.15) is 11.1 Å². The average Bonchev–Trinajstić information content (AvgIpc) is 2.33. The molecule has 4 nitrogen and oxygen atoms in total. The highest BCUT2D eigenvalue weighted by molar-refractivity contribution is 6.30. The minimum atomic E-state index is 0.524. The predicted octanol–water partition coefficient (Wildman–Crippen LogP) is 2.63. The van der Waals surface area contributed by atoms with E-state index in [1.807, 2.05) is 25.1 Å². The smallest absolute Gasteiger partial charge is 0.222 e. The Morgan fingerprint density at radius 1 is 1.29 bits per heavy atom. The maximum absolute atomic E-state index is 5.83. The van der Waals surface area contributed by atoms with E-state index in [9.17, 15) is 0 Å². The zero-order chi connectivity index (χ0) is 12.3. The number of hydrogen-bond donors (Lipinski definition) is 2. The predicted molar refractivity (Wildman–Crippen MR) is 70.0 cm³/mol. The molecule has 1 aromatic heterocycles. The van der Waals surface area contributed by atoms with Crippen LogP contribution in [0.3, 0.4) is 0 Å². The lowest BCUT2D eigenvalue weighted by atomic mass is 10.1. The highest BCUT2D eigenvalue weighted by atomic mass is 35.5. The molecule has 0 spiro atoms. The Labute approximate surface area is 105 Å². The second kappa shape index (κ2) is 5.01. The van der Waals surface area contributed by atoms with Crippen molar-refractivity contribution < 1.29 is 0 Å². The van der Waals surface area contributed by atoms with Gasteiger partial charge in [0.15, 0.2) is 0 Å². The molecule has 3 N–H and O–H groups in total. The van der Waals surface area contributed by atoms with Crippen molar-refractivity contribution in [1.29, 1.82) is 0 Å². The highest BCUT2D eigenvalue weighted by Crippen LogP contribution is 2.16. The summed E-state index contributed by atoms with van der Waals surface area (Å²) in [5.41, 5.74) is 8.83. The van der Waals surface area contributed by atoms with Crippen LogP contribution < -0.4 is 11.1 Å². The normalized spacial score (nSPS) is 10.2. The Bertz CT molecular complexity index is 510. The standard InChI is InChI=1S/C12H13ClN4/c1-8-9(3-2-4-11(8)14)5-15-12-16-6-10(13)7-17-12/h2-4,6-7H,5,14H2,1H3,(H,15,16,17). The van der Waals surface area contributed by atoms with E-state index in [4.69, 9.17) is 17.3 Å². The molecule has 1 heterocycles. The van der Waals surface area contributed by atoms with Gasteiger partial charge in [0, 0.05) is 12.2 Å². The van der Waals surface area contributed by atoms with Gasteiger partial charge in [-0.15, -0.1) is 0 Å². The lowest BCUT2D eigenvalue weighted by Crippen LogP contribution is -2.05. The first-order chi connectivity index (χ1) is 8.16. The summed E-state index contributed by atoms with van der Waals surface area (Å²) in [6.45, 7) is 2.63. The summed E-state index contributed by atoms with van der Waals surface area (Å²) in [5.74, 6) is 0.552. The quantitative estimate of drug-likeness (QED) is 0.820. The summed E-state index contributed by atoms with van der Waals surface area (Å²) in [6, 6.07) is 5.84. The number of rotatable bonds is 3. The van der Waals surface area contributed by atoms with Crippen molar-refractivity contribution in [3.8, 4) is 0 Å². The van der Waals surface area contributed by atoms with Gasteiger partial charge in [-0.25, -0.2) is 9.97 Å². The molecule has 0 atom stereocenters. The number of nitrogen functional groups attached to an aromatic ring is 1.